The molecule has 98 valence electrons. The summed E-state index contributed by atoms with van der Waals surface area (Å²) in [6.45, 7) is 6.37. The Bertz CT molecular complexity index is 457. The largest absolute Gasteiger partial charge is 0.478 e. The minimum atomic E-state index is -0.964. The molecular formula is C14H20N2O2. The van der Waals surface area contributed by atoms with Crippen LogP contribution in [0.5, 0.6) is 0 Å². The number of nitrogens with two attached hydrogens (primary N) is 1. The summed E-state index contributed by atoms with van der Waals surface area (Å²) in [5, 5.41) is 9.07. The van der Waals surface area contributed by atoms with Gasteiger partial charge in [-0.2, -0.15) is 0 Å². The zero-order chi connectivity index (χ0) is 13.3. The van der Waals surface area contributed by atoms with E-state index in [1.807, 2.05) is 6.07 Å². The molecule has 18 heavy (non-hydrogen) atoms. The average Bonchev–Trinajstić information content (AvgIpc) is 2.78. The fourth-order valence-electron chi connectivity index (χ4n) is 2.57. The maximum absolute atomic E-state index is 11.1. The van der Waals surface area contributed by atoms with Gasteiger partial charge in [0.1, 0.15) is 0 Å². The van der Waals surface area contributed by atoms with Gasteiger partial charge < -0.3 is 15.7 Å². The second-order valence-electron chi connectivity index (χ2n) is 5.28. The number of carboxylic acids is 1. The highest BCUT2D eigenvalue weighted by atomic mass is 16.4. The molecule has 4 heteroatoms. The van der Waals surface area contributed by atoms with E-state index in [4.69, 9.17) is 10.8 Å². The number of rotatable bonds is 3. The van der Waals surface area contributed by atoms with Crippen LogP contribution in [0.1, 0.15) is 30.6 Å². The van der Waals surface area contributed by atoms with Gasteiger partial charge in [-0.25, -0.2) is 4.79 Å². The summed E-state index contributed by atoms with van der Waals surface area (Å²) in [5.74, 6) is 0.353. The molecule has 0 saturated carbocycles. The summed E-state index contributed by atoms with van der Waals surface area (Å²) in [4.78, 5) is 13.3. The number of carboxylic acid groups (broad SMARTS) is 1. The highest BCUT2D eigenvalue weighted by Gasteiger charge is 2.26. The van der Waals surface area contributed by atoms with Gasteiger partial charge in [0.2, 0.25) is 0 Å². The van der Waals surface area contributed by atoms with Crippen molar-refractivity contribution in [2.75, 3.05) is 23.7 Å². The molecule has 1 saturated heterocycles. The van der Waals surface area contributed by atoms with Crippen molar-refractivity contribution in [3.63, 3.8) is 0 Å². The summed E-state index contributed by atoms with van der Waals surface area (Å²) in [7, 11) is 0. The summed E-state index contributed by atoms with van der Waals surface area (Å²) in [6.07, 6.45) is 1.15. The van der Waals surface area contributed by atoms with Gasteiger partial charge in [0.05, 0.1) is 16.9 Å². The Kier molecular flexibility index (Phi) is 3.45. The van der Waals surface area contributed by atoms with Crippen LogP contribution in [0, 0.1) is 11.8 Å². The number of benzene rings is 1. The van der Waals surface area contributed by atoms with Gasteiger partial charge in [0, 0.05) is 13.1 Å². The first-order chi connectivity index (χ1) is 8.50. The summed E-state index contributed by atoms with van der Waals surface area (Å²) >= 11 is 0. The average molecular weight is 248 g/mol. The third-order valence-corrected chi connectivity index (χ3v) is 3.82. The van der Waals surface area contributed by atoms with Crippen LogP contribution in [0.3, 0.4) is 0 Å². The van der Waals surface area contributed by atoms with Crippen LogP contribution in [0.15, 0.2) is 18.2 Å². The Labute approximate surface area is 107 Å². The van der Waals surface area contributed by atoms with E-state index >= 15 is 0 Å². The van der Waals surface area contributed by atoms with Crippen molar-refractivity contribution in [1.29, 1.82) is 0 Å². The van der Waals surface area contributed by atoms with Crippen molar-refractivity contribution in [2.45, 2.75) is 20.3 Å². The van der Waals surface area contributed by atoms with Crippen LogP contribution in [-0.2, 0) is 0 Å². The monoisotopic (exact) mass is 248 g/mol. The molecule has 1 unspecified atom stereocenters. The van der Waals surface area contributed by atoms with Crippen molar-refractivity contribution in [3.05, 3.63) is 23.8 Å². The molecule has 1 atom stereocenters. The van der Waals surface area contributed by atoms with Crippen LogP contribution in [0.2, 0.25) is 0 Å². The van der Waals surface area contributed by atoms with E-state index in [0.29, 0.717) is 17.5 Å². The maximum Gasteiger partial charge on any atom is 0.337 e. The van der Waals surface area contributed by atoms with Gasteiger partial charge in [-0.05, 0) is 30.4 Å². The van der Waals surface area contributed by atoms with Crippen molar-refractivity contribution in [3.8, 4) is 0 Å². The van der Waals surface area contributed by atoms with Crippen LogP contribution in [-0.4, -0.2) is 24.2 Å². The molecule has 3 N–H and O–H groups in total. The maximum atomic E-state index is 11.1. The number of hydrogen-bond acceptors (Lipinski definition) is 3. The summed E-state index contributed by atoms with van der Waals surface area (Å²) in [6, 6.07) is 5.22. The van der Waals surface area contributed by atoms with E-state index in [9.17, 15) is 4.79 Å². The van der Waals surface area contributed by atoms with E-state index in [1.165, 1.54) is 0 Å². The fraction of sp³-hybridized carbons (Fsp3) is 0.500. The van der Waals surface area contributed by atoms with E-state index < -0.39 is 5.97 Å². The number of carbonyl (C=O) groups is 1. The number of para-hydroxylation sites is 1. The fourth-order valence-corrected chi connectivity index (χ4v) is 2.57. The van der Waals surface area contributed by atoms with Crippen molar-refractivity contribution < 1.29 is 9.90 Å². The smallest absolute Gasteiger partial charge is 0.337 e. The number of aromatic carboxylic acids is 1. The van der Waals surface area contributed by atoms with Gasteiger partial charge in [0.15, 0.2) is 0 Å². The highest BCUT2D eigenvalue weighted by Crippen LogP contribution is 2.33. The SMILES string of the molecule is CC(C)C1CCN(c2cccc(C(=O)O)c2N)C1. The molecule has 1 aliphatic rings. The lowest BCUT2D eigenvalue weighted by Gasteiger charge is -2.22. The topological polar surface area (TPSA) is 66.6 Å². The first kappa shape index (κ1) is 12.7. The lowest BCUT2D eigenvalue weighted by atomic mass is 9.95. The molecule has 4 nitrogen and oxygen atoms in total. The van der Waals surface area contributed by atoms with Crippen molar-refractivity contribution in [1.82, 2.24) is 0 Å². The molecular weight excluding hydrogens is 228 g/mol. The molecule has 1 heterocycles. The Morgan fingerprint density at radius 3 is 2.78 bits per heavy atom. The molecule has 0 aliphatic carbocycles. The Morgan fingerprint density at radius 1 is 1.50 bits per heavy atom. The Morgan fingerprint density at radius 2 is 2.22 bits per heavy atom. The van der Waals surface area contributed by atoms with Crippen LogP contribution in [0.4, 0.5) is 11.4 Å². The minimum absolute atomic E-state index is 0.195. The number of nitrogens with zero attached hydrogens (tertiary/aromatic N) is 1. The summed E-state index contributed by atoms with van der Waals surface area (Å²) in [5.41, 5.74) is 7.40. The quantitative estimate of drug-likeness (QED) is 0.806. The minimum Gasteiger partial charge on any atom is -0.478 e. The third kappa shape index (κ3) is 2.28. The molecule has 0 bridgehead atoms. The van der Waals surface area contributed by atoms with Crippen LogP contribution >= 0.6 is 0 Å². The zero-order valence-electron chi connectivity index (χ0n) is 10.9. The second-order valence-corrected chi connectivity index (χ2v) is 5.28. The molecule has 1 fully saturated rings. The lowest BCUT2D eigenvalue weighted by molar-refractivity contribution is 0.0698. The predicted octanol–water partition coefficient (Wildman–Crippen LogP) is 2.45. The van der Waals surface area contributed by atoms with Crippen molar-refractivity contribution in [2.24, 2.45) is 11.8 Å². The first-order valence-electron chi connectivity index (χ1n) is 6.37. The second kappa shape index (κ2) is 4.88. The lowest BCUT2D eigenvalue weighted by Crippen LogP contribution is -2.23. The molecule has 1 aromatic carbocycles. The predicted molar refractivity (Wildman–Crippen MR) is 73.0 cm³/mol. The van der Waals surface area contributed by atoms with Gasteiger partial charge in [0.25, 0.3) is 0 Å². The van der Waals surface area contributed by atoms with E-state index in [1.54, 1.807) is 12.1 Å². The Balaban J connectivity index is 2.25. The van der Waals surface area contributed by atoms with Crippen LogP contribution in [0.25, 0.3) is 0 Å². The van der Waals surface area contributed by atoms with Gasteiger partial charge in [-0.3, -0.25) is 0 Å². The molecule has 0 spiro atoms. The number of anilines is 2. The Hall–Kier alpha value is -1.71. The van der Waals surface area contributed by atoms with Crippen LogP contribution < -0.4 is 10.6 Å². The molecule has 0 aromatic heterocycles. The van der Waals surface area contributed by atoms with Gasteiger partial charge >= 0.3 is 5.97 Å². The molecule has 0 radical (unpaired) electrons. The summed E-state index contributed by atoms with van der Waals surface area (Å²) < 4.78 is 0. The molecule has 0 amide bonds. The van der Waals surface area contributed by atoms with E-state index in [-0.39, 0.29) is 5.56 Å². The first-order valence-corrected chi connectivity index (χ1v) is 6.37. The van der Waals surface area contributed by atoms with E-state index in [0.717, 1.165) is 25.2 Å². The standard InChI is InChI=1S/C14H20N2O2/c1-9(2)10-6-7-16(8-10)12-5-3-4-11(13(12)15)14(17)18/h3-5,9-10H,6-8,15H2,1-2H3,(H,17,18). The normalized spacial score (nSPS) is 19.5. The van der Waals surface area contributed by atoms with Gasteiger partial charge in [-0.15, -0.1) is 0 Å². The third-order valence-electron chi connectivity index (χ3n) is 3.82. The number of hydrogen-bond donors (Lipinski definition) is 2. The molecule has 2 rings (SSSR count). The van der Waals surface area contributed by atoms with E-state index in [2.05, 4.69) is 18.7 Å². The highest BCUT2D eigenvalue weighted by molar-refractivity contribution is 5.97. The zero-order valence-corrected chi connectivity index (χ0v) is 10.9. The van der Waals surface area contributed by atoms with Gasteiger partial charge in [-0.1, -0.05) is 19.9 Å². The van der Waals surface area contributed by atoms with Crippen molar-refractivity contribution >= 4 is 17.3 Å². The number of nitrogen functional groups attached to an aromatic ring is 1. The molecule has 1 aliphatic heterocycles. The molecule has 1 aromatic rings.